The molecule has 0 aromatic heterocycles. The third-order valence-corrected chi connectivity index (χ3v) is 5.26. The molecule has 4 nitrogen and oxygen atoms in total. The lowest BCUT2D eigenvalue weighted by Gasteiger charge is -2.23. The van der Waals surface area contributed by atoms with Gasteiger partial charge in [-0.05, 0) is 42.8 Å². The quantitative estimate of drug-likeness (QED) is 0.587. The Hall–Kier alpha value is -3.14. The number of hydrogen-bond donors (Lipinski definition) is 0. The zero-order valence-corrected chi connectivity index (χ0v) is 16.0. The Morgan fingerprint density at radius 2 is 1.74 bits per heavy atom. The molecule has 0 saturated carbocycles. The Balaban J connectivity index is 1.68. The van der Waals surface area contributed by atoms with E-state index in [1.54, 1.807) is 6.08 Å². The van der Waals surface area contributed by atoms with Crippen molar-refractivity contribution in [2.45, 2.75) is 26.2 Å². The minimum atomic E-state index is -0.418. The predicted octanol–water partition coefficient (Wildman–Crippen LogP) is 4.49. The Kier molecular flexibility index (Phi) is 3.99. The summed E-state index contributed by atoms with van der Waals surface area (Å²) >= 11 is 0. The van der Waals surface area contributed by atoms with Crippen molar-refractivity contribution in [1.29, 1.82) is 0 Å². The maximum atomic E-state index is 12.2. The summed E-state index contributed by atoms with van der Waals surface area (Å²) in [5, 5.41) is 0. The van der Waals surface area contributed by atoms with Gasteiger partial charge >= 0.3 is 5.97 Å². The Bertz CT molecular complexity index is 1010. The summed E-state index contributed by atoms with van der Waals surface area (Å²) in [5.74, 6) is -0.0645. The third kappa shape index (κ3) is 2.87. The van der Waals surface area contributed by atoms with Crippen LogP contribution >= 0.6 is 0 Å². The molecule has 0 atom stereocenters. The van der Waals surface area contributed by atoms with Crippen LogP contribution in [0, 0.1) is 6.92 Å². The predicted molar refractivity (Wildman–Crippen MR) is 108 cm³/mol. The fourth-order valence-corrected chi connectivity index (χ4v) is 3.70. The van der Waals surface area contributed by atoms with Crippen LogP contribution in [0.5, 0.6) is 0 Å². The van der Waals surface area contributed by atoms with E-state index in [0.29, 0.717) is 11.6 Å². The SMILES string of the molecule is Cc1ccc(C2=N/C(=C/C=C3\N(C)c4ccccc4C3(C)C)C(=O)O2)cc1. The molecule has 4 heteroatoms. The molecule has 136 valence electrons. The number of anilines is 1. The molecule has 0 bridgehead atoms. The highest BCUT2D eigenvalue weighted by Crippen LogP contribution is 2.46. The summed E-state index contributed by atoms with van der Waals surface area (Å²) in [7, 11) is 2.05. The number of allylic oxidation sites excluding steroid dienone is 3. The van der Waals surface area contributed by atoms with Crippen LogP contribution in [0.4, 0.5) is 5.69 Å². The molecule has 0 amide bonds. The number of rotatable bonds is 2. The van der Waals surface area contributed by atoms with Crippen molar-refractivity contribution in [3.8, 4) is 0 Å². The average molecular weight is 358 g/mol. The van der Waals surface area contributed by atoms with Gasteiger partial charge in [-0.3, -0.25) is 0 Å². The number of carbonyl (C=O) groups is 1. The fourth-order valence-electron chi connectivity index (χ4n) is 3.70. The summed E-state index contributed by atoms with van der Waals surface area (Å²) in [5.41, 5.74) is 5.70. The van der Waals surface area contributed by atoms with Crippen molar-refractivity contribution in [2.75, 3.05) is 11.9 Å². The lowest BCUT2D eigenvalue weighted by atomic mass is 9.84. The summed E-state index contributed by atoms with van der Waals surface area (Å²) < 4.78 is 5.36. The van der Waals surface area contributed by atoms with Gasteiger partial charge in [-0.1, -0.05) is 49.7 Å². The largest absolute Gasteiger partial charge is 0.402 e. The number of para-hydroxylation sites is 1. The van der Waals surface area contributed by atoms with Crippen LogP contribution in [0.25, 0.3) is 0 Å². The first-order valence-corrected chi connectivity index (χ1v) is 9.01. The van der Waals surface area contributed by atoms with Crippen molar-refractivity contribution in [2.24, 2.45) is 4.99 Å². The van der Waals surface area contributed by atoms with Crippen molar-refractivity contribution in [3.63, 3.8) is 0 Å². The van der Waals surface area contributed by atoms with E-state index in [4.69, 9.17) is 4.74 Å². The summed E-state index contributed by atoms with van der Waals surface area (Å²) in [6.07, 6.45) is 3.72. The second-order valence-electron chi connectivity index (χ2n) is 7.48. The fraction of sp³-hybridized carbons (Fsp3) is 0.217. The van der Waals surface area contributed by atoms with Crippen LogP contribution < -0.4 is 4.90 Å². The molecule has 0 saturated heterocycles. The zero-order valence-electron chi connectivity index (χ0n) is 16.0. The number of benzene rings is 2. The van der Waals surface area contributed by atoms with E-state index in [1.165, 1.54) is 11.3 Å². The van der Waals surface area contributed by atoms with E-state index in [-0.39, 0.29) is 5.41 Å². The molecule has 2 aromatic rings. The summed E-state index contributed by atoms with van der Waals surface area (Å²) in [6, 6.07) is 16.1. The number of fused-ring (bicyclic) bond motifs is 1. The van der Waals surface area contributed by atoms with Crippen molar-refractivity contribution in [1.82, 2.24) is 0 Å². The monoisotopic (exact) mass is 358 g/mol. The molecule has 27 heavy (non-hydrogen) atoms. The van der Waals surface area contributed by atoms with Gasteiger partial charge in [-0.2, -0.15) is 0 Å². The van der Waals surface area contributed by atoms with Crippen LogP contribution in [0.15, 0.2) is 77.1 Å². The Labute approximate surface area is 159 Å². The molecular formula is C23H22N2O2. The van der Waals surface area contributed by atoms with Crippen molar-refractivity contribution < 1.29 is 9.53 Å². The molecule has 0 N–H and O–H groups in total. The second kappa shape index (κ2) is 6.23. The van der Waals surface area contributed by atoms with Gasteiger partial charge in [0.25, 0.3) is 0 Å². The number of nitrogens with zero attached hydrogens (tertiary/aromatic N) is 2. The first kappa shape index (κ1) is 17.3. The molecule has 0 unspecified atom stereocenters. The summed E-state index contributed by atoms with van der Waals surface area (Å²) in [4.78, 5) is 18.8. The summed E-state index contributed by atoms with van der Waals surface area (Å²) in [6.45, 7) is 6.39. The molecule has 4 rings (SSSR count). The molecule has 0 radical (unpaired) electrons. The van der Waals surface area contributed by atoms with E-state index >= 15 is 0 Å². The lowest BCUT2D eigenvalue weighted by molar-refractivity contribution is -0.130. The van der Waals surface area contributed by atoms with E-state index in [9.17, 15) is 4.79 Å². The second-order valence-corrected chi connectivity index (χ2v) is 7.48. The minimum absolute atomic E-state index is 0.144. The lowest BCUT2D eigenvalue weighted by Crippen LogP contribution is -2.22. The number of aliphatic imine (C=N–C) groups is 1. The topological polar surface area (TPSA) is 41.9 Å². The first-order chi connectivity index (χ1) is 12.9. The van der Waals surface area contributed by atoms with Gasteiger partial charge in [0.2, 0.25) is 5.90 Å². The zero-order chi connectivity index (χ0) is 19.2. The van der Waals surface area contributed by atoms with Gasteiger partial charge in [-0.15, -0.1) is 0 Å². The number of esters is 1. The average Bonchev–Trinajstić information content (AvgIpc) is 3.11. The highest BCUT2D eigenvalue weighted by molar-refractivity contribution is 6.11. The van der Waals surface area contributed by atoms with Crippen molar-refractivity contribution >= 4 is 17.6 Å². The van der Waals surface area contributed by atoms with Crippen molar-refractivity contribution in [3.05, 3.63) is 88.8 Å². The maximum Gasteiger partial charge on any atom is 0.363 e. The Morgan fingerprint density at radius 1 is 1.04 bits per heavy atom. The van der Waals surface area contributed by atoms with E-state index in [2.05, 4.69) is 41.9 Å². The molecule has 0 spiro atoms. The van der Waals surface area contributed by atoms with Crippen LogP contribution in [-0.4, -0.2) is 18.9 Å². The number of aryl methyl sites for hydroxylation is 1. The number of cyclic esters (lactones) is 1. The Morgan fingerprint density at radius 3 is 2.44 bits per heavy atom. The van der Waals surface area contributed by atoms with Gasteiger partial charge in [-0.25, -0.2) is 9.79 Å². The van der Waals surface area contributed by atoms with Gasteiger partial charge in [0, 0.05) is 29.4 Å². The number of ether oxygens (including phenoxy) is 1. The van der Waals surface area contributed by atoms with Gasteiger partial charge in [0.15, 0.2) is 5.70 Å². The van der Waals surface area contributed by atoms with Crippen LogP contribution in [-0.2, 0) is 14.9 Å². The number of hydrogen-bond acceptors (Lipinski definition) is 4. The van der Waals surface area contributed by atoms with E-state index in [0.717, 1.165) is 16.8 Å². The molecule has 2 aliphatic heterocycles. The standard InChI is InChI=1S/C23H22N2O2/c1-15-9-11-16(12-10-15)21-24-18(22(26)27-21)13-14-20-23(2,3)17-7-5-6-8-19(17)25(20)4/h5-14H,1-4H3/b18-13+,20-14-. The maximum absolute atomic E-state index is 12.2. The molecule has 0 aliphatic carbocycles. The number of likely N-dealkylation sites (N-methyl/N-ethyl adjacent to an activating group) is 1. The number of carbonyl (C=O) groups excluding carboxylic acids is 1. The highest BCUT2D eigenvalue weighted by Gasteiger charge is 2.37. The molecule has 2 heterocycles. The minimum Gasteiger partial charge on any atom is -0.402 e. The van der Waals surface area contributed by atoms with Gasteiger partial charge < -0.3 is 9.64 Å². The smallest absolute Gasteiger partial charge is 0.363 e. The van der Waals surface area contributed by atoms with E-state index in [1.807, 2.05) is 50.4 Å². The highest BCUT2D eigenvalue weighted by atomic mass is 16.6. The third-order valence-electron chi connectivity index (χ3n) is 5.26. The molecular weight excluding hydrogens is 336 g/mol. The molecule has 2 aromatic carbocycles. The van der Waals surface area contributed by atoms with Gasteiger partial charge in [0.1, 0.15) is 0 Å². The van der Waals surface area contributed by atoms with Crippen LogP contribution in [0.2, 0.25) is 0 Å². The van der Waals surface area contributed by atoms with Gasteiger partial charge in [0.05, 0.1) is 0 Å². The normalized spacial score (nSPS) is 20.8. The molecule has 0 fully saturated rings. The van der Waals surface area contributed by atoms with Crippen LogP contribution in [0.3, 0.4) is 0 Å². The first-order valence-electron chi connectivity index (χ1n) is 9.01. The molecule has 2 aliphatic rings. The van der Waals surface area contributed by atoms with Crippen LogP contribution in [0.1, 0.15) is 30.5 Å². The van der Waals surface area contributed by atoms with E-state index < -0.39 is 5.97 Å².